The Morgan fingerprint density at radius 3 is 2.40 bits per heavy atom. The van der Waals surface area contributed by atoms with Crippen LogP contribution in [0.15, 0.2) is 42.5 Å². The summed E-state index contributed by atoms with van der Waals surface area (Å²) < 4.78 is 5.41. The molecule has 2 heterocycles. The van der Waals surface area contributed by atoms with Crippen molar-refractivity contribution in [3.63, 3.8) is 0 Å². The van der Waals surface area contributed by atoms with E-state index in [9.17, 15) is 4.79 Å². The molecule has 4 saturated carbocycles. The van der Waals surface area contributed by atoms with Crippen LogP contribution < -0.4 is 10.1 Å². The number of carbonyl (C=O) groups is 1. The fourth-order valence-electron chi connectivity index (χ4n) is 8.17. The van der Waals surface area contributed by atoms with Crippen molar-refractivity contribution < 1.29 is 9.53 Å². The Labute approximate surface area is 211 Å². The third-order valence-corrected chi connectivity index (χ3v) is 9.43. The molecule has 6 heteroatoms. The number of hydrogen-bond donors (Lipinski definition) is 2. The van der Waals surface area contributed by atoms with Crippen LogP contribution in [0, 0.1) is 17.8 Å². The summed E-state index contributed by atoms with van der Waals surface area (Å²) in [7, 11) is 1.68. The second kappa shape index (κ2) is 7.92. The highest BCUT2D eigenvalue weighted by Gasteiger charge is 2.52. The fourth-order valence-corrected chi connectivity index (χ4v) is 8.35. The smallest absolute Gasteiger partial charge is 0.318 e. The number of urea groups is 1. The average molecular weight is 490 g/mol. The van der Waals surface area contributed by atoms with Crippen LogP contribution in [-0.4, -0.2) is 35.1 Å². The molecule has 5 nitrogen and oxygen atoms in total. The minimum absolute atomic E-state index is 0.00938. The first-order valence-corrected chi connectivity index (χ1v) is 13.4. The molecule has 0 spiro atoms. The summed E-state index contributed by atoms with van der Waals surface area (Å²) in [6.45, 7) is 0.682. The quantitative estimate of drug-likeness (QED) is 0.443. The van der Waals surface area contributed by atoms with Crippen LogP contribution in [-0.2, 0) is 6.42 Å². The van der Waals surface area contributed by atoms with Crippen molar-refractivity contribution in [1.82, 2.24) is 15.2 Å². The van der Waals surface area contributed by atoms with Gasteiger partial charge in [-0.25, -0.2) is 4.79 Å². The number of hydrogen-bond acceptors (Lipinski definition) is 2. The van der Waals surface area contributed by atoms with Crippen LogP contribution in [0.5, 0.6) is 5.75 Å². The molecule has 8 rings (SSSR count). The minimum atomic E-state index is -0.176. The molecule has 0 unspecified atom stereocenters. The molecule has 35 heavy (non-hydrogen) atoms. The van der Waals surface area contributed by atoms with Gasteiger partial charge in [-0.15, -0.1) is 0 Å². The number of H-pyrrole nitrogens is 1. The Morgan fingerprint density at radius 1 is 1.06 bits per heavy atom. The Morgan fingerprint density at radius 2 is 1.74 bits per heavy atom. The molecule has 2 aromatic carbocycles. The maximum Gasteiger partial charge on any atom is 0.318 e. The minimum Gasteiger partial charge on any atom is -0.497 e. The van der Waals surface area contributed by atoms with E-state index in [1.165, 1.54) is 24.8 Å². The number of amides is 2. The highest BCUT2D eigenvalue weighted by molar-refractivity contribution is 6.31. The zero-order valence-corrected chi connectivity index (χ0v) is 20.9. The number of methoxy groups -OCH3 is 1. The van der Waals surface area contributed by atoms with Crippen molar-refractivity contribution in [2.45, 2.75) is 56.5 Å². The summed E-state index contributed by atoms with van der Waals surface area (Å²) in [6, 6.07) is 14.1. The molecule has 0 radical (unpaired) electrons. The van der Waals surface area contributed by atoms with Crippen LogP contribution in [0.4, 0.5) is 4.79 Å². The van der Waals surface area contributed by atoms with Gasteiger partial charge < -0.3 is 19.9 Å². The zero-order valence-electron chi connectivity index (χ0n) is 20.1. The predicted octanol–water partition coefficient (Wildman–Crippen LogP) is 6.46. The van der Waals surface area contributed by atoms with Crippen LogP contribution in [0.1, 0.15) is 61.4 Å². The molecule has 2 N–H and O–H groups in total. The normalized spacial score (nSPS) is 31.0. The fraction of sp³-hybridized carbons (Fsp3) is 0.483. The first-order valence-electron chi connectivity index (χ1n) is 13.0. The SMILES string of the molecule is COc1ccc([C@@H]2c3[nH]c4ccc(Cl)cc4c3CCN2C(=O)NC23CC4CC(CC(C4)C2)C3)cc1. The van der Waals surface area contributed by atoms with Gasteiger partial charge in [0.1, 0.15) is 5.75 Å². The van der Waals surface area contributed by atoms with Crippen molar-refractivity contribution in [3.05, 3.63) is 64.3 Å². The van der Waals surface area contributed by atoms with Gasteiger partial charge in [0.15, 0.2) is 0 Å². The molecule has 0 saturated heterocycles. The number of carbonyl (C=O) groups excluding carboxylic acids is 1. The molecule has 2 amide bonds. The number of aromatic nitrogens is 1. The standard InChI is InChI=1S/C29H32ClN3O2/c1-35-22-5-2-20(3-6-22)27-26-23(24-13-21(30)4-7-25(24)31-26)8-9-33(27)28(34)32-29-14-17-10-18(15-29)12-19(11-17)16-29/h2-7,13,17-19,27,31H,8-12,14-16H2,1H3,(H,32,34)/t17?,18?,19?,27-,29?/m1/s1. The Kier molecular flexibility index (Phi) is 4.89. The van der Waals surface area contributed by atoms with Crippen molar-refractivity contribution in [1.29, 1.82) is 0 Å². The second-order valence-electron chi connectivity index (χ2n) is 11.5. The van der Waals surface area contributed by atoms with E-state index in [1.807, 2.05) is 30.3 Å². The molecule has 1 aromatic heterocycles. The van der Waals surface area contributed by atoms with Gasteiger partial charge in [-0.05, 0) is 104 Å². The molecule has 5 aliphatic rings. The highest BCUT2D eigenvalue weighted by Crippen LogP contribution is 2.55. The Bertz CT molecular complexity index is 1260. The van der Waals surface area contributed by atoms with Gasteiger partial charge in [0.2, 0.25) is 0 Å². The molecule has 1 atom stereocenters. The van der Waals surface area contributed by atoms with Crippen molar-refractivity contribution >= 4 is 28.5 Å². The molecule has 1 aliphatic heterocycles. The van der Waals surface area contributed by atoms with Crippen molar-refractivity contribution in [3.8, 4) is 5.75 Å². The third kappa shape index (κ3) is 3.54. The number of halogens is 1. The lowest BCUT2D eigenvalue weighted by molar-refractivity contribution is -0.0163. The van der Waals surface area contributed by atoms with E-state index < -0.39 is 0 Å². The number of nitrogens with one attached hydrogen (secondary N) is 2. The van der Waals surface area contributed by atoms with E-state index in [-0.39, 0.29) is 17.6 Å². The summed E-state index contributed by atoms with van der Waals surface area (Å²) in [6.07, 6.45) is 8.39. The van der Waals surface area contributed by atoms with E-state index in [0.29, 0.717) is 6.54 Å². The Hall–Kier alpha value is -2.66. The van der Waals surface area contributed by atoms with Crippen LogP contribution >= 0.6 is 11.6 Å². The number of fused-ring (bicyclic) bond motifs is 3. The number of nitrogens with zero attached hydrogens (tertiary/aromatic N) is 1. The lowest BCUT2D eigenvalue weighted by Crippen LogP contribution is -2.62. The summed E-state index contributed by atoms with van der Waals surface area (Å²) in [5.74, 6) is 3.21. The van der Waals surface area contributed by atoms with Gasteiger partial charge in [-0.1, -0.05) is 23.7 Å². The third-order valence-electron chi connectivity index (χ3n) is 9.19. The average Bonchev–Trinajstić information content (AvgIpc) is 3.20. The van der Waals surface area contributed by atoms with Crippen LogP contribution in [0.25, 0.3) is 10.9 Å². The molecular weight excluding hydrogens is 458 g/mol. The largest absolute Gasteiger partial charge is 0.497 e. The lowest BCUT2D eigenvalue weighted by atomic mass is 9.53. The van der Waals surface area contributed by atoms with Crippen molar-refractivity contribution in [2.75, 3.05) is 13.7 Å². The number of benzene rings is 2. The van der Waals surface area contributed by atoms with Gasteiger partial charge in [0.25, 0.3) is 0 Å². The predicted molar refractivity (Wildman–Crippen MR) is 138 cm³/mol. The van der Waals surface area contributed by atoms with Crippen LogP contribution in [0.2, 0.25) is 5.02 Å². The maximum absolute atomic E-state index is 14.0. The van der Waals surface area contributed by atoms with Gasteiger partial charge in [-0.2, -0.15) is 0 Å². The van der Waals surface area contributed by atoms with Gasteiger partial charge in [-0.3, -0.25) is 0 Å². The van der Waals surface area contributed by atoms with Crippen LogP contribution in [0.3, 0.4) is 0 Å². The molecule has 4 fully saturated rings. The molecule has 3 aromatic rings. The van der Waals surface area contributed by atoms with E-state index in [2.05, 4.69) is 27.3 Å². The summed E-state index contributed by atoms with van der Waals surface area (Å²) >= 11 is 6.35. The molecule has 4 aliphatic carbocycles. The monoisotopic (exact) mass is 489 g/mol. The second-order valence-corrected chi connectivity index (χ2v) is 11.9. The number of aromatic amines is 1. The highest BCUT2D eigenvalue weighted by atomic mass is 35.5. The van der Waals surface area contributed by atoms with Gasteiger partial charge >= 0.3 is 6.03 Å². The lowest BCUT2D eigenvalue weighted by Gasteiger charge is -2.57. The number of rotatable bonds is 3. The number of ether oxygens (including phenoxy) is 1. The van der Waals surface area contributed by atoms with Gasteiger partial charge in [0, 0.05) is 33.7 Å². The zero-order chi connectivity index (χ0) is 23.7. The first-order chi connectivity index (χ1) is 17.0. The molecule has 182 valence electrons. The summed E-state index contributed by atoms with van der Waals surface area (Å²) in [4.78, 5) is 19.7. The van der Waals surface area contributed by atoms with Gasteiger partial charge in [0.05, 0.1) is 13.2 Å². The summed E-state index contributed by atoms with van der Waals surface area (Å²) in [5.41, 5.74) is 4.51. The van der Waals surface area contributed by atoms with E-state index in [1.54, 1.807) is 7.11 Å². The topological polar surface area (TPSA) is 57.4 Å². The molecule has 4 bridgehead atoms. The Balaban J connectivity index is 1.26. The first kappa shape index (κ1) is 21.6. The van der Waals surface area contributed by atoms with E-state index in [4.69, 9.17) is 16.3 Å². The van der Waals surface area contributed by atoms with Crippen molar-refractivity contribution in [2.24, 2.45) is 17.8 Å². The maximum atomic E-state index is 14.0. The molecular formula is C29H32ClN3O2. The van der Waals surface area contributed by atoms with E-state index >= 15 is 0 Å². The van der Waals surface area contributed by atoms with E-state index in [0.717, 1.165) is 76.4 Å². The summed E-state index contributed by atoms with van der Waals surface area (Å²) in [5, 5.41) is 5.52.